The van der Waals surface area contributed by atoms with Crippen molar-refractivity contribution in [3.05, 3.63) is 18.5 Å². The molecule has 1 aromatic heterocycles. The maximum Gasteiger partial charge on any atom is 0.223 e. The molecule has 0 unspecified atom stereocenters. The topological polar surface area (TPSA) is 87.8 Å². The van der Waals surface area contributed by atoms with E-state index in [4.69, 9.17) is 4.74 Å². The van der Waals surface area contributed by atoms with E-state index in [1.54, 1.807) is 15.8 Å². The van der Waals surface area contributed by atoms with Gasteiger partial charge in [0.25, 0.3) is 0 Å². The van der Waals surface area contributed by atoms with Crippen molar-refractivity contribution in [1.82, 2.24) is 14.7 Å². The Hall–Kier alpha value is -1.44. The van der Waals surface area contributed by atoms with Crippen molar-refractivity contribution in [3.8, 4) is 0 Å². The molecule has 0 saturated carbocycles. The second-order valence-electron chi connectivity index (χ2n) is 5.62. The SMILES string of the molecule is CCCN(C(=O)CCCn1cccn1)[C@@H]1COC[C@@H](O)[C@H]1O. The lowest BCUT2D eigenvalue weighted by Gasteiger charge is -2.39. The minimum absolute atomic E-state index is 0.0178. The van der Waals surface area contributed by atoms with E-state index >= 15 is 0 Å². The second-order valence-corrected chi connectivity index (χ2v) is 5.62. The summed E-state index contributed by atoms with van der Waals surface area (Å²) in [6.45, 7) is 3.61. The van der Waals surface area contributed by atoms with Crippen LogP contribution in [0.15, 0.2) is 18.5 Å². The lowest BCUT2D eigenvalue weighted by molar-refractivity contribution is -0.156. The number of amides is 1. The number of ether oxygens (including phenoxy) is 1. The maximum atomic E-state index is 12.5. The first-order valence-electron chi connectivity index (χ1n) is 7.84. The molecule has 3 atom stereocenters. The number of aliphatic hydroxyl groups is 2. The van der Waals surface area contributed by atoms with Gasteiger partial charge in [0.15, 0.2) is 0 Å². The smallest absolute Gasteiger partial charge is 0.223 e. The Labute approximate surface area is 130 Å². The molecule has 2 heterocycles. The summed E-state index contributed by atoms with van der Waals surface area (Å²) in [5, 5.41) is 23.9. The first-order chi connectivity index (χ1) is 10.6. The van der Waals surface area contributed by atoms with Gasteiger partial charge in [-0.3, -0.25) is 9.48 Å². The number of carbonyl (C=O) groups excluding carboxylic acids is 1. The lowest BCUT2D eigenvalue weighted by Crippen LogP contribution is -2.57. The first kappa shape index (κ1) is 16.9. The van der Waals surface area contributed by atoms with E-state index in [0.717, 1.165) is 6.42 Å². The molecule has 2 rings (SSSR count). The summed E-state index contributed by atoms with van der Waals surface area (Å²) in [5.74, 6) is -0.0178. The molecule has 1 aliphatic heterocycles. The van der Waals surface area contributed by atoms with Gasteiger partial charge in [0, 0.05) is 31.9 Å². The van der Waals surface area contributed by atoms with Gasteiger partial charge in [0.2, 0.25) is 5.91 Å². The highest BCUT2D eigenvalue weighted by atomic mass is 16.5. The molecule has 1 aliphatic rings. The van der Waals surface area contributed by atoms with Gasteiger partial charge in [-0.2, -0.15) is 5.10 Å². The van der Waals surface area contributed by atoms with Gasteiger partial charge < -0.3 is 19.8 Å². The monoisotopic (exact) mass is 311 g/mol. The van der Waals surface area contributed by atoms with Crippen LogP contribution in [0.25, 0.3) is 0 Å². The molecular formula is C15H25N3O4. The normalized spacial score (nSPS) is 25.1. The number of aromatic nitrogens is 2. The predicted molar refractivity (Wildman–Crippen MR) is 80.1 cm³/mol. The molecule has 22 heavy (non-hydrogen) atoms. The largest absolute Gasteiger partial charge is 0.388 e. The number of hydrogen-bond acceptors (Lipinski definition) is 5. The molecule has 1 saturated heterocycles. The lowest BCUT2D eigenvalue weighted by atomic mass is 10.0. The fourth-order valence-corrected chi connectivity index (χ4v) is 2.72. The van der Waals surface area contributed by atoms with Crippen molar-refractivity contribution in [3.63, 3.8) is 0 Å². The minimum atomic E-state index is -0.949. The number of carbonyl (C=O) groups is 1. The highest BCUT2D eigenvalue weighted by Gasteiger charge is 2.36. The summed E-state index contributed by atoms with van der Waals surface area (Å²) in [6, 6.07) is 1.38. The van der Waals surface area contributed by atoms with Gasteiger partial charge >= 0.3 is 0 Å². The molecule has 2 N–H and O–H groups in total. The Morgan fingerprint density at radius 2 is 2.27 bits per heavy atom. The van der Waals surface area contributed by atoms with Gasteiger partial charge in [0.1, 0.15) is 12.2 Å². The summed E-state index contributed by atoms with van der Waals surface area (Å²) in [5.41, 5.74) is 0. The molecule has 0 spiro atoms. The Morgan fingerprint density at radius 3 is 2.95 bits per heavy atom. The van der Waals surface area contributed by atoms with Crippen LogP contribution in [0.2, 0.25) is 0 Å². The van der Waals surface area contributed by atoms with Gasteiger partial charge in [-0.1, -0.05) is 6.92 Å². The fourth-order valence-electron chi connectivity index (χ4n) is 2.72. The standard InChI is InChI=1S/C15H25N3O4/c1-2-7-18(12-10-22-11-13(19)15(12)21)14(20)5-3-8-17-9-4-6-16-17/h4,6,9,12-13,15,19,21H,2-3,5,7-8,10-11H2,1H3/t12-,13-,15+/m1/s1. The van der Waals surface area contributed by atoms with Crippen molar-refractivity contribution in [2.24, 2.45) is 0 Å². The highest BCUT2D eigenvalue weighted by molar-refractivity contribution is 5.76. The molecule has 1 amide bonds. The Balaban J connectivity index is 1.89. The van der Waals surface area contributed by atoms with Gasteiger partial charge in [-0.25, -0.2) is 0 Å². The third-order valence-electron chi connectivity index (χ3n) is 3.89. The van der Waals surface area contributed by atoms with Crippen LogP contribution in [0.3, 0.4) is 0 Å². The second kappa shape index (κ2) is 8.26. The van der Waals surface area contributed by atoms with Crippen LogP contribution in [-0.4, -0.2) is 68.8 Å². The quantitative estimate of drug-likeness (QED) is 0.741. The number of hydrogen-bond donors (Lipinski definition) is 2. The van der Waals surface area contributed by atoms with E-state index in [-0.39, 0.29) is 19.1 Å². The van der Waals surface area contributed by atoms with Crippen molar-refractivity contribution < 1.29 is 19.7 Å². The molecule has 0 aliphatic carbocycles. The van der Waals surface area contributed by atoms with Crippen LogP contribution in [0.1, 0.15) is 26.2 Å². The third kappa shape index (κ3) is 4.28. The minimum Gasteiger partial charge on any atom is -0.388 e. The summed E-state index contributed by atoms with van der Waals surface area (Å²) >= 11 is 0. The summed E-state index contributed by atoms with van der Waals surface area (Å²) < 4.78 is 7.08. The fraction of sp³-hybridized carbons (Fsp3) is 0.733. The molecule has 7 heteroatoms. The molecule has 0 aromatic carbocycles. The predicted octanol–water partition coefficient (Wildman–Crippen LogP) is 0.0225. The zero-order valence-corrected chi connectivity index (χ0v) is 13.0. The summed E-state index contributed by atoms with van der Waals surface area (Å²) in [7, 11) is 0. The average molecular weight is 311 g/mol. The maximum absolute atomic E-state index is 12.5. The van der Waals surface area contributed by atoms with E-state index in [1.807, 2.05) is 19.2 Å². The first-order valence-corrected chi connectivity index (χ1v) is 7.84. The number of nitrogens with zero attached hydrogens (tertiary/aromatic N) is 3. The Kier molecular flexibility index (Phi) is 6.35. The zero-order valence-electron chi connectivity index (χ0n) is 13.0. The Bertz CT molecular complexity index is 452. The van der Waals surface area contributed by atoms with Crippen molar-refractivity contribution in [2.45, 2.75) is 51.0 Å². The molecule has 1 aromatic rings. The van der Waals surface area contributed by atoms with Crippen LogP contribution in [0, 0.1) is 0 Å². The third-order valence-corrected chi connectivity index (χ3v) is 3.89. The molecule has 7 nitrogen and oxygen atoms in total. The van der Waals surface area contributed by atoms with Gasteiger partial charge in [-0.05, 0) is 18.9 Å². The molecular weight excluding hydrogens is 286 g/mol. The van der Waals surface area contributed by atoms with E-state index in [0.29, 0.717) is 25.9 Å². The molecule has 0 radical (unpaired) electrons. The van der Waals surface area contributed by atoms with E-state index in [2.05, 4.69) is 5.10 Å². The number of rotatable bonds is 7. The molecule has 124 valence electrons. The van der Waals surface area contributed by atoms with Gasteiger partial charge in [-0.15, -0.1) is 0 Å². The Morgan fingerprint density at radius 1 is 1.45 bits per heavy atom. The average Bonchev–Trinajstić information content (AvgIpc) is 3.01. The van der Waals surface area contributed by atoms with Crippen LogP contribution in [0.4, 0.5) is 0 Å². The van der Waals surface area contributed by atoms with E-state index < -0.39 is 18.2 Å². The zero-order chi connectivity index (χ0) is 15.9. The van der Waals surface area contributed by atoms with Crippen LogP contribution in [-0.2, 0) is 16.1 Å². The van der Waals surface area contributed by atoms with Crippen LogP contribution < -0.4 is 0 Å². The molecule has 1 fully saturated rings. The van der Waals surface area contributed by atoms with Crippen LogP contribution >= 0.6 is 0 Å². The van der Waals surface area contributed by atoms with Crippen molar-refractivity contribution in [2.75, 3.05) is 19.8 Å². The number of aryl methyl sites for hydroxylation is 1. The summed E-state index contributed by atoms with van der Waals surface area (Å²) in [4.78, 5) is 14.1. The number of aliphatic hydroxyl groups excluding tert-OH is 2. The van der Waals surface area contributed by atoms with Crippen molar-refractivity contribution >= 4 is 5.91 Å². The molecule has 0 bridgehead atoms. The summed E-state index contributed by atoms with van der Waals surface area (Å²) in [6.07, 6.45) is 3.56. The van der Waals surface area contributed by atoms with E-state index in [9.17, 15) is 15.0 Å². The highest BCUT2D eigenvalue weighted by Crippen LogP contribution is 2.17. The van der Waals surface area contributed by atoms with E-state index in [1.165, 1.54) is 0 Å². The van der Waals surface area contributed by atoms with Crippen molar-refractivity contribution in [1.29, 1.82) is 0 Å². The van der Waals surface area contributed by atoms with Crippen LogP contribution in [0.5, 0.6) is 0 Å². The van der Waals surface area contributed by atoms with Gasteiger partial charge in [0.05, 0.1) is 19.3 Å².